The van der Waals surface area contributed by atoms with Gasteiger partial charge >= 0.3 is 0 Å². The van der Waals surface area contributed by atoms with E-state index in [4.69, 9.17) is 19.9 Å². The van der Waals surface area contributed by atoms with Crippen molar-refractivity contribution >= 4 is 22.9 Å². The second-order valence-corrected chi connectivity index (χ2v) is 4.77. The van der Waals surface area contributed by atoms with Gasteiger partial charge in [-0.05, 0) is 30.3 Å². The molecule has 2 aromatic rings. The Morgan fingerprint density at radius 3 is 2.77 bits per heavy atom. The average Bonchev–Trinajstić information content (AvgIpc) is 2.54. The van der Waals surface area contributed by atoms with Crippen molar-refractivity contribution in [3.05, 3.63) is 36.4 Å². The highest BCUT2D eigenvalue weighted by Crippen LogP contribution is 2.34. The molecule has 1 heterocycles. The highest BCUT2D eigenvalue weighted by molar-refractivity contribution is 6.00. The first kappa shape index (κ1) is 14.1. The van der Waals surface area contributed by atoms with Gasteiger partial charge < -0.3 is 25.3 Å². The fourth-order valence-corrected chi connectivity index (χ4v) is 2.20. The van der Waals surface area contributed by atoms with Crippen molar-refractivity contribution in [3.8, 4) is 17.2 Å². The zero-order chi connectivity index (χ0) is 15.5. The van der Waals surface area contributed by atoms with Gasteiger partial charge in [-0.3, -0.25) is 0 Å². The maximum absolute atomic E-state index is 5.78. The van der Waals surface area contributed by atoms with E-state index in [1.54, 1.807) is 26.4 Å². The molecule has 2 aromatic carbocycles. The van der Waals surface area contributed by atoms with Crippen molar-refractivity contribution in [2.45, 2.75) is 0 Å². The Balaban J connectivity index is 1.90. The van der Waals surface area contributed by atoms with Crippen LogP contribution in [-0.2, 0) is 0 Å². The highest BCUT2D eigenvalue weighted by Gasteiger charge is 2.15. The Kier molecular flexibility index (Phi) is 3.74. The molecule has 22 heavy (non-hydrogen) atoms. The maximum atomic E-state index is 5.78. The van der Waals surface area contributed by atoms with Gasteiger partial charge in [0.05, 0.1) is 19.9 Å². The van der Waals surface area contributed by atoms with Crippen molar-refractivity contribution in [2.75, 3.05) is 31.9 Å². The van der Waals surface area contributed by atoms with Crippen molar-refractivity contribution in [1.29, 1.82) is 0 Å². The summed E-state index contributed by atoms with van der Waals surface area (Å²) in [6, 6.07) is 10.9. The van der Waals surface area contributed by atoms with Crippen LogP contribution < -0.4 is 25.3 Å². The smallest absolute Gasteiger partial charge is 0.146 e. The summed E-state index contributed by atoms with van der Waals surface area (Å²) in [6.45, 7) is 0.345. The van der Waals surface area contributed by atoms with E-state index in [1.807, 2.05) is 24.3 Å². The third-order valence-electron chi connectivity index (χ3n) is 3.29. The zero-order valence-corrected chi connectivity index (χ0v) is 12.4. The minimum Gasteiger partial charge on any atom is -0.497 e. The van der Waals surface area contributed by atoms with Crippen LogP contribution in [0.3, 0.4) is 0 Å². The molecule has 0 aliphatic carbocycles. The molecule has 0 aromatic heterocycles. The largest absolute Gasteiger partial charge is 0.497 e. The molecule has 0 saturated heterocycles. The zero-order valence-electron chi connectivity index (χ0n) is 12.4. The summed E-state index contributed by atoms with van der Waals surface area (Å²) in [5.74, 6) is 2.81. The Hall–Kier alpha value is -2.89. The van der Waals surface area contributed by atoms with Gasteiger partial charge in [0.25, 0.3) is 0 Å². The van der Waals surface area contributed by atoms with E-state index in [1.165, 1.54) is 0 Å². The number of nitrogens with one attached hydrogen (secondary N) is 1. The summed E-state index contributed by atoms with van der Waals surface area (Å²) in [7, 11) is 3.23. The fourth-order valence-electron chi connectivity index (χ4n) is 2.20. The van der Waals surface area contributed by atoms with Crippen LogP contribution >= 0.6 is 0 Å². The first-order valence-electron chi connectivity index (χ1n) is 6.78. The normalized spacial score (nSPS) is 12.7. The van der Waals surface area contributed by atoms with Crippen molar-refractivity contribution in [1.82, 2.24) is 0 Å². The van der Waals surface area contributed by atoms with Crippen LogP contribution in [0.15, 0.2) is 41.4 Å². The number of methoxy groups -OCH3 is 2. The maximum Gasteiger partial charge on any atom is 0.146 e. The molecule has 6 nitrogen and oxygen atoms in total. The molecule has 1 aliphatic rings. The van der Waals surface area contributed by atoms with Crippen LogP contribution in [0.5, 0.6) is 17.2 Å². The summed E-state index contributed by atoms with van der Waals surface area (Å²) < 4.78 is 16.2. The van der Waals surface area contributed by atoms with Crippen LogP contribution in [0, 0.1) is 0 Å². The Bertz CT molecular complexity index is 729. The van der Waals surface area contributed by atoms with E-state index in [2.05, 4.69) is 10.3 Å². The lowest BCUT2D eigenvalue weighted by Gasteiger charge is -2.19. The number of fused-ring (bicyclic) bond motifs is 1. The van der Waals surface area contributed by atoms with Crippen LogP contribution in [0.1, 0.15) is 0 Å². The highest BCUT2D eigenvalue weighted by atomic mass is 16.5. The number of nitrogens with two attached hydrogens (primary N) is 1. The lowest BCUT2D eigenvalue weighted by molar-refractivity contribution is 0.372. The van der Waals surface area contributed by atoms with Gasteiger partial charge in [-0.15, -0.1) is 0 Å². The molecular formula is C16H17N3O3. The monoisotopic (exact) mass is 299 g/mol. The molecule has 0 atom stereocenters. The minimum atomic E-state index is 0.345. The molecule has 0 saturated carbocycles. The average molecular weight is 299 g/mol. The molecule has 6 heteroatoms. The molecule has 0 spiro atoms. The standard InChI is InChI=1S/C16H17N3O3/c1-20-11-4-6-14(21-2)13(8-11)19-16-9-22-15-5-3-10(17)7-12(15)18-16/h3-8H,9,17H2,1-2H3,(H,18,19). The summed E-state index contributed by atoms with van der Waals surface area (Å²) in [5.41, 5.74) is 7.89. The van der Waals surface area contributed by atoms with Gasteiger partial charge in [0.15, 0.2) is 0 Å². The predicted octanol–water partition coefficient (Wildman–Crippen LogP) is 2.82. The van der Waals surface area contributed by atoms with E-state index in [0.717, 1.165) is 17.2 Å². The molecule has 1 aliphatic heterocycles. The Morgan fingerprint density at radius 2 is 2.00 bits per heavy atom. The summed E-state index contributed by atoms with van der Waals surface area (Å²) >= 11 is 0. The summed E-state index contributed by atoms with van der Waals surface area (Å²) in [4.78, 5) is 4.54. The molecule has 0 fully saturated rings. The number of anilines is 2. The first-order chi connectivity index (χ1) is 10.7. The number of ether oxygens (including phenoxy) is 3. The van der Waals surface area contributed by atoms with E-state index in [9.17, 15) is 0 Å². The number of rotatable bonds is 3. The van der Waals surface area contributed by atoms with Crippen LogP contribution in [0.4, 0.5) is 17.1 Å². The van der Waals surface area contributed by atoms with Crippen LogP contribution in [-0.4, -0.2) is 26.7 Å². The number of nitrogen functional groups attached to an aromatic ring is 1. The fraction of sp³-hybridized carbons (Fsp3) is 0.188. The molecule has 3 N–H and O–H groups in total. The van der Waals surface area contributed by atoms with Crippen molar-refractivity contribution in [3.63, 3.8) is 0 Å². The first-order valence-corrected chi connectivity index (χ1v) is 6.78. The summed E-state index contributed by atoms with van der Waals surface area (Å²) in [6.07, 6.45) is 0. The molecule has 3 rings (SSSR count). The molecule has 114 valence electrons. The minimum absolute atomic E-state index is 0.345. The molecule has 0 amide bonds. The van der Waals surface area contributed by atoms with Crippen LogP contribution in [0.2, 0.25) is 0 Å². The van der Waals surface area contributed by atoms with Crippen LogP contribution in [0.25, 0.3) is 0 Å². The van der Waals surface area contributed by atoms with E-state index in [-0.39, 0.29) is 0 Å². The molecular weight excluding hydrogens is 282 g/mol. The van der Waals surface area contributed by atoms with Gasteiger partial charge in [0.2, 0.25) is 0 Å². The van der Waals surface area contributed by atoms with Gasteiger partial charge in [-0.1, -0.05) is 0 Å². The number of amidine groups is 1. The quantitative estimate of drug-likeness (QED) is 0.852. The molecule has 0 unspecified atom stereocenters. The lowest BCUT2D eigenvalue weighted by atomic mass is 10.2. The topological polar surface area (TPSA) is 78.1 Å². The Morgan fingerprint density at radius 1 is 1.14 bits per heavy atom. The number of hydrogen-bond donors (Lipinski definition) is 2. The van der Waals surface area contributed by atoms with Gasteiger partial charge in [0, 0.05) is 11.8 Å². The van der Waals surface area contributed by atoms with E-state index < -0.39 is 0 Å². The SMILES string of the molecule is COc1ccc(OC)c(NC2=Nc3cc(N)ccc3OC2)c1. The van der Waals surface area contributed by atoms with E-state index in [0.29, 0.717) is 29.6 Å². The van der Waals surface area contributed by atoms with Crippen molar-refractivity contribution in [2.24, 2.45) is 4.99 Å². The second-order valence-electron chi connectivity index (χ2n) is 4.77. The number of benzene rings is 2. The second kappa shape index (κ2) is 5.85. The Labute approximate surface area is 128 Å². The third kappa shape index (κ3) is 2.76. The number of aliphatic imine (C=N–C) groups is 1. The summed E-state index contributed by atoms with van der Waals surface area (Å²) in [5, 5.41) is 3.21. The predicted molar refractivity (Wildman–Crippen MR) is 86.6 cm³/mol. The number of nitrogens with zero attached hydrogens (tertiary/aromatic N) is 1. The van der Waals surface area contributed by atoms with E-state index >= 15 is 0 Å². The third-order valence-corrected chi connectivity index (χ3v) is 3.29. The van der Waals surface area contributed by atoms with Gasteiger partial charge in [0.1, 0.15) is 35.4 Å². The molecule has 0 bridgehead atoms. The van der Waals surface area contributed by atoms with Gasteiger partial charge in [-0.2, -0.15) is 0 Å². The lowest BCUT2D eigenvalue weighted by Crippen LogP contribution is -2.23. The van der Waals surface area contributed by atoms with Gasteiger partial charge in [-0.25, -0.2) is 4.99 Å². The molecule has 0 radical (unpaired) electrons. The van der Waals surface area contributed by atoms with Crippen molar-refractivity contribution < 1.29 is 14.2 Å². The number of hydrogen-bond acceptors (Lipinski definition) is 6.